The maximum atomic E-state index is 12.6. The number of alkyl halides is 2. The molecule has 0 saturated carbocycles. The molecular formula is C17H17F2N. The van der Waals surface area contributed by atoms with Gasteiger partial charge in [0.05, 0.1) is 6.04 Å². The number of hydrogen-bond donors (Lipinski definition) is 0. The van der Waals surface area contributed by atoms with Gasteiger partial charge in [0.25, 0.3) is 6.43 Å². The number of likely N-dealkylation sites (N-methyl/N-ethyl adjacent to an activating group) is 1. The summed E-state index contributed by atoms with van der Waals surface area (Å²) < 4.78 is 25.3. The summed E-state index contributed by atoms with van der Waals surface area (Å²) in [7, 11) is 2.08. The van der Waals surface area contributed by atoms with E-state index in [1.54, 1.807) is 0 Å². The van der Waals surface area contributed by atoms with E-state index in [9.17, 15) is 8.78 Å². The summed E-state index contributed by atoms with van der Waals surface area (Å²) in [5.74, 6) is 0. The fourth-order valence-electron chi connectivity index (χ4n) is 2.95. The van der Waals surface area contributed by atoms with Crippen LogP contribution in [0, 0.1) is 0 Å². The zero-order valence-electron chi connectivity index (χ0n) is 11.4. The maximum absolute atomic E-state index is 12.6. The van der Waals surface area contributed by atoms with Crippen molar-refractivity contribution in [2.24, 2.45) is 0 Å². The lowest BCUT2D eigenvalue weighted by Crippen LogP contribution is -2.32. The van der Waals surface area contributed by atoms with Crippen LogP contribution in [0.1, 0.15) is 34.7 Å². The van der Waals surface area contributed by atoms with E-state index >= 15 is 0 Å². The van der Waals surface area contributed by atoms with Gasteiger partial charge in [0, 0.05) is 12.1 Å². The molecule has 1 unspecified atom stereocenters. The first-order valence-corrected chi connectivity index (χ1v) is 6.83. The molecule has 0 aromatic heterocycles. The minimum atomic E-state index is -2.40. The van der Waals surface area contributed by atoms with Gasteiger partial charge in [-0.25, -0.2) is 8.78 Å². The van der Waals surface area contributed by atoms with Gasteiger partial charge in [-0.1, -0.05) is 48.5 Å². The quantitative estimate of drug-likeness (QED) is 0.792. The van der Waals surface area contributed by atoms with Crippen molar-refractivity contribution in [1.82, 2.24) is 4.90 Å². The Morgan fingerprint density at radius 2 is 1.75 bits per heavy atom. The number of halogens is 2. The summed E-state index contributed by atoms with van der Waals surface area (Å²) >= 11 is 0. The number of benzene rings is 2. The third-order valence-corrected chi connectivity index (χ3v) is 4.03. The van der Waals surface area contributed by atoms with Crippen LogP contribution >= 0.6 is 0 Å². The van der Waals surface area contributed by atoms with Crippen molar-refractivity contribution in [3.05, 3.63) is 70.8 Å². The van der Waals surface area contributed by atoms with Gasteiger partial charge in [0.1, 0.15) is 0 Å². The highest BCUT2D eigenvalue weighted by molar-refractivity contribution is 5.40. The van der Waals surface area contributed by atoms with Crippen LogP contribution < -0.4 is 0 Å². The highest BCUT2D eigenvalue weighted by atomic mass is 19.3. The van der Waals surface area contributed by atoms with E-state index in [1.807, 2.05) is 18.2 Å². The summed E-state index contributed by atoms with van der Waals surface area (Å²) in [5, 5.41) is 0. The molecule has 0 bridgehead atoms. The highest BCUT2D eigenvalue weighted by Crippen LogP contribution is 2.34. The first-order valence-electron chi connectivity index (χ1n) is 6.83. The molecule has 1 heterocycles. The zero-order valence-corrected chi connectivity index (χ0v) is 11.4. The Bertz CT molecular complexity index is 592. The summed E-state index contributed by atoms with van der Waals surface area (Å²) in [6.07, 6.45) is -1.36. The smallest absolute Gasteiger partial charge is 0.263 e. The largest absolute Gasteiger partial charge is 0.295 e. The van der Waals surface area contributed by atoms with Gasteiger partial charge in [-0.05, 0) is 30.2 Å². The molecule has 1 aliphatic rings. The Labute approximate surface area is 117 Å². The van der Waals surface area contributed by atoms with Crippen LogP contribution in [-0.4, -0.2) is 18.5 Å². The molecule has 0 radical (unpaired) electrons. The molecule has 3 rings (SSSR count). The Kier molecular flexibility index (Phi) is 3.53. The lowest BCUT2D eigenvalue weighted by Gasteiger charge is -2.35. The molecule has 0 amide bonds. The molecule has 1 aliphatic heterocycles. The third kappa shape index (κ3) is 2.34. The monoisotopic (exact) mass is 273 g/mol. The molecule has 0 fully saturated rings. The number of rotatable bonds is 2. The zero-order chi connectivity index (χ0) is 14.1. The van der Waals surface area contributed by atoms with E-state index in [1.165, 1.54) is 23.3 Å². The fourth-order valence-corrected chi connectivity index (χ4v) is 2.95. The van der Waals surface area contributed by atoms with Crippen molar-refractivity contribution in [2.45, 2.75) is 18.9 Å². The average Bonchev–Trinajstić information content (AvgIpc) is 2.47. The Morgan fingerprint density at radius 3 is 2.45 bits per heavy atom. The molecule has 1 nitrogen and oxygen atoms in total. The number of nitrogens with zero attached hydrogens (tertiary/aromatic N) is 1. The number of fused-ring (bicyclic) bond motifs is 1. The van der Waals surface area contributed by atoms with Crippen LogP contribution in [-0.2, 0) is 6.42 Å². The molecule has 3 heteroatoms. The molecule has 2 aromatic carbocycles. The molecule has 0 spiro atoms. The van der Waals surface area contributed by atoms with Gasteiger partial charge in [-0.3, -0.25) is 4.90 Å². The van der Waals surface area contributed by atoms with Crippen molar-refractivity contribution < 1.29 is 8.78 Å². The summed E-state index contributed by atoms with van der Waals surface area (Å²) in [5.41, 5.74) is 3.80. The van der Waals surface area contributed by atoms with Gasteiger partial charge in [0.15, 0.2) is 0 Å². The predicted molar refractivity (Wildman–Crippen MR) is 76.0 cm³/mol. The lowest BCUT2D eigenvalue weighted by molar-refractivity contribution is 0.151. The lowest BCUT2D eigenvalue weighted by atomic mass is 9.88. The molecule has 2 aromatic rings. The van der Waals surface area contributed by atoms with Crippen LogP contribution in [0.2, 0.25) is 0 Å². The SMILES string of the molecule is CN1CCc2ccccc2C1c1ccc(C(F)F)cc1. The van der Waals surface area contributed by atoms with E-state index in [2.05, 4.69) is 30.1 Å². The van der Waals surface area contributed by atoms with E-state index in [-0.39, 0.29) is 11.6 Å². The fraction of sp³-hybridized carbons (Fsp3) is 0.294. The normalized spacial score (nSPS) is 19.1. The van der Waals surface area contributed by atoms with Crippen molar-refractivity contribution >= 4 is 0 Å². The second kappa shape index (κ2) is 5.33. The second-order valence-electron chi connectivity index (χ2n) is 5.30. The summed E-state index contributed by atoms with van der Waals surface area (Å²) in [6, 6.07) is 15.3. The minimum absolute atomic E-state index is 0.0838. The van der Waals surface area contributed by atoms with Crippen molar-refractivity contribution in [2.75, 3.05) is 13.6 Å². The van der Waals surface area contributed by atoms with E-state index in [4.69, 9.17) is 0 Å². The number of hydrogen-bond acceptors (Lipinski definition) is 1. The average molecular weight is 273 g/mol. The predicted octanol–water partition coefficient (Wildman–Crippen LogP) is 4.20. The van der Waals surface area contributed by atoms with E-state index in [0.717, 1.165) is 18.5 Å². The molecule has 0 N–H and O–H groups in total. The highest BCUT2D eigenvalue weighted by Gasteiger charge is 2.25. The van der Waals surface area contributed by atoms with Crippen LogP contribution in [0.3, 0.4) is 0 Å². The van der Waals surface area contributed by atoms with Gasteiger partial charge >= 0.3 is 0 Å². The molecule has 20 heavy (non-hydrogen) atoms. The third-order valence-electron chi connectivity index (χ3n) is 4.03. The van der Waals surface area contributed by atoms with Crippen molar-refractivity contribution in [3.63, 3.8) is 0 Å². The maximum Gasteiger partial charge on any atom is 0.263 e. The molecule has 1 atom stereocenters. The Balaban J connectivity index is 2.00. The topological polar surface area (TPSA) is 3.24 Å². The molecular weight excluding hydrogens is 256 g/mol. The van der Waals surface area contributed by atoms with Crippen molar-refractivity contribution in [3.8, 4) is 0 Å². The van der Waals surface area contributed by atoms with Gasteiger partial charge in [0.2, 0.25) is 0 Å². The first kappa shape index (κ1) is 13.3. The first-order chi connectivity index (χ1) is 9.66. The van der Waals surface area contributed by atoms with Gasteiger partial charge in [-0.2, -0.15) is 0 Å². The molecule has 0 saturated heterocycles. The van der Waals surface area contributed by atoms with Crippen LogP contribution in [0.15, 0.2) is 48.5 Å². The summed E-state index contributed by atoms with van der Waals surface area (Å²) in [4.78, 5) is 2.28. The van der Waals surface area contributed by atoms with Crippen LogP contribution in [0.25, 0.3) is 0 Å². The van der Waals surface area contributed by atoms with Gasteiger partial charge in [-0.15, -0.1) is 0 Å². The molecule has 104 valence electrons. The Hall–Kier alpha value is -1.74. The second-order valence-corrected chi connectivity index (χ2v) is 5.30. The van der Waals surface area contributed by atoms with E-state index in [0.29, 0.717) is 0 Å². The van der Waals surface area contributed by atoms with E-state index < -0.39 is 6.43 Å². The summed E-state index contributed by atoms with van der Waals surface area (Å²) in [6.45, 7) is 0.984. The van der Waals surface area contributed by atoms with Crippen LogP contribution in [0.5, 0.6) is 0 Å². The van der Waals surface area contributed by atoms with Gasteiger partial charge < -0.3 is 0 Å². The van der Waals surface area contributed by atoms with Crippen LogP contribution in [0.4, 0.5) is 8.78 Å². The van der Waals surface area contributed by atoms with Crippen molar-refractivity contribution in [1.29, 1.82) is 0 Å². The minimum Gasteiger partial charge on any atom is -0.295 e. The Morgan fingerprint density at radius 1 is 1.05 bits per heavy atom. The molecule has 0 aliphatic carbocycles. The standard InChI is InChI=1S/C17H17F2N/c1-20-11-10-12-4-2-3-5-15(12)16(20)13-6-8-14(9-7-13)17(18)19/h2-9,16-17H,10-11H2,1H3.